The third-order valence-electron chi connectivity index (χ3n) is 3.76. The van der Waals surface area contributed by atoms with Gasteiger partial charge in [0.2, 0.25) is 0 Å². The summed E-state index contributed by atoms with van der Waals surface area (Å²) in [5.41, 5.74) is 6.10. The number of carbonyl (C=O) groups is 1. The highest BCUT2D eigenvalue weighted by Crippen LogP contribution is 2.14. The molecule has 1 aromatic rings. The fraction of sp³-hybridized carbons (Fsp3) is 0.556. The molecule has 0 atom stereocenters. The Morgan fingerprint density at radius 3 is 2.56 bits per heavy atom. The van der Waals surface area contributed by atoms with E-state index in [4.69, 9.17) is 10.5 Å². The van der Waals surface area contributed by atoms with Gasteiger partial charge in [-0.15, -0.1) is 24.0 Å². The Balaban J connectivity index is 0.00000576. The van der Waals surface area contributed by atoms with Gasteiger partial charge in [0, 0.05) is 13.1 Å². The van der Waals surface area contributed by atoms with Gasteiger partial charge in [-0.1, -0.05) is 38.8 Å². The van der Waals surface area contributed by atoms with Gasteiger partial charge in [-0.2, -0.15) is 0 Å². The summed E-state index contributed by atoms with van der Waals surface area (Å²) >= 11 is 0. The van der Waals surface area contributed by atoms with Gasteiger partial charge in [-0.05, 0) is 30.5 Å². The van der Waals surface area contributed by atoms with Crippen molar-refractivity contribution in [2.75, 3.05) is 19.7 Å². The van der Waals surface area contributed by atoms with Crippen LogP contribution in [0.25, 0.3) is 0 Å². The van der Waals surface area contributed by atoms with Crippen molar-refractivity contribution >= 4 is 35.8 Å². The molecule has 0 saturated heterocycles. The Morgan fingerprint density at radius 2 is 1.96 bits per heavy atom. The lowest BCUT2D eigenvalue weighted by molar-refractivity contribution is -0.119. The molecular weight excluding hydrogens is 431 g/mol. The average molecular weight is 462 g/mol. The number of guanidine groups is 1. The zero-order valence-electron chi connectivity index (χ0n) is 15.4. The summed E-state index contributed by atoms with van der Waals surface area (Å²) in [5, 5.41) is 6.65. The number of benzene rings is 1. The van der Waals surface area contributed by atoms with E-state index in [0.29, 0.717) is 18.2 Å². The number of ether oxygens (including phenoxy) is 1. The molecule has 0 fully saturated rings. The Bertz CT molecular complexity index is 534. The van der Waals surface area contributed by atoms with Crippen LogP contribution in [0.15, 0.2) is 29.3 Å². The molecule has 0 radical (unpaired) electrons. The molecular formula is C18H31IN4O2. The number of nitrogens with two attached hydrogens (primary N) is 1. The highest BCUT2D eigenvalue weighted by Gasteiger charge is 2.05. The third-order valence-corrected chi connectivity index (χ3v) is 3.76. The van der Waals surface area contributed by atoms with Crippen molar-refractivity contribution in [2.45, 2.75) is 40.2 Å². The second-order valence-electron chi connectivity index (χ2n) is 5.66. The van der Waals surface area contributed by atoms with Gasteiger partial charge < -0.3 is 21.1 Å². The number of primary amides is 1. The van der Waals surface area contributed by atoms with E-state index >= 15 is 0 Å². The summed E-state index contributed by atoms with van der Waals surface area (Å²) in [6.45, 7) is 8.61. The number of nitrogens with zero attached hydrogens (tertiary/aromatic N) is 1. The molecule has 1 aromatic carbocycles. The van der Waals surface area contributed by atoms with Crippen molar-refractivity contribution in [1.82, 2.24) is 10.6 Å². The summed E-state index contributed by atoms with van der Waals surface area (Å²) in [7, 11) is 0. The van der Waals surface area contributed by atoms with E-state index in [2.05, 4.69) is 29.5 Å². The molecule has 4 N–H and O–H groups in total. The van der Waals surface area contributed by atoms with Crippen molar-refractivity contribution in [3.8, 4) is 5.75 Å². The lowest BCUT2D eigenvalue weighted by Crippen LogP contribution is -2.39. The maximum atomic E-state index is 10.8. The van der Waals surface area contributed by atoms with Gasteiger partial charge in [0.15, 0.2) is 12.6 Å². The van der Waals surface area contributed by atoms with E-state index in [-0.39, 0.29) is 30.6 Å². The molecule has 6 nitrogen and oxygen atoms in total. The zero-order chi connectivity index (χ0) is 17.8. The highest BCUT2D eigenvalue weighted by molar-refractivity contribution is 14.0. The number of amides is 1. The lowest BCUT2D eigenvalue weighted by Gasteiger charge is -2.16. The summed E-state index contributed by atoms with van der Waals surface area (Å²) in [6.07, 6.45) is 2.31. The summed E-state index contributed by atoms with van der Waals surface area (Å²) in [5.74, 6) is 1.60. The van der Waals surface area contributed by atoms with Crippen LogP contribution in [0, 0.1) is 5.92 Å². The molecule has 0 aliphatic heterocycles. The number of hydrogen-bond donors (Lipinski definition) is 3. The largest absolute Gasteiger partial charge is 0.484 e. The van der Waals surface area contributed by atoms with E-state index in [1.165, 1.54) is 0 Å². The van der Waals surface area contributed by atoms with Crippen LogP contribution >= 0.6 is 24.0 Å². The van der Waals surface area contributed by atoms with E-state index < -0.39 is 5.91 Å². The molecule has 0 heterocycles. The molecule has 0 aromatic heterocycles. The highest BCUT2D eigenvalue weighted by atomic mass is 127. The number of hydrogen-bond acceptors (Lipinski definition) is 3. The van der Waals surface area contributed by atoms with Crippen LogP contribution in [0.4, 0.5) is 0 Å². The van der Waals surface area contributed by atoms with Crippen LogP contribution in [0.3, 0.4) is 0 Å². The van der Waals surface area contributed by atoms with E-state index in [0.717, 1.165) is 37.5 Å². The van der Waals surface area contributed by atoms with Gasteiger partial charge in [0.1, 0.15) is 5.75 Å². The van der Waals surface area contributed by atoms with E-state index in [1.807, 2.05) is 25.1 Å². The topological polar surface area (TPSA) is 88.7 Å². The molecule has 1 amide bonds. The zero-order valence-corrected chi connectivity index (χ0v) is 17.7. The summed E-state index contributed by atoms with van der Waals surface area (Å²) in [4.78, 5) is 15.4. The monoisotopic (exact) mass is 462 g/mol. The number of nitrogens with one attached hydrogen (secondary N) is 2. The molecule has 0 aliphatic carbocycles. The molecule has 0 spiro atoms. The first-order valence-corrected chi connectivity index (χ1v) is 8.61. The molecule has 0 aliphatic rings. The second kappa shape index (κ2) is 13.7. The van der Waals surface area contributed by atoms with E-state index in [9.17, 15) is 4.79 Å². The molecule has 7 heteroatoms. The standard InChI is InChI=1S/C18H30N4O2.HI/c1-4-14(5-2)11-21-18(20-6-3)22-12-15-8-7-9-16(10-15)24-13-17(19)23;/h7-10,14H,4-6,11-13H2,1-3H3,(H2,19,23)(H2,20,21,22);1H. The van der Waals surface area contributed by atoms with Gasteiger partial charge >= 0.3 is 0 Å². The number of halogens is 1. The van der Waals surface area contributed by atoms with Gasteiger partial charge in [0.25, 0.3) is 5.91 Å². The van der Waals surface area contributed by atoms with Crippen molar-refractivity contribution in [3.63, 3.8) is 0 Å². The normalized spacial score (nSPS) is 11.0. The minimum absolute atomic E-state index is 0. The van der Waals surface area contributed by atoms with E-state index in [1.54, 1.807) is 6.07 Å². The van der Waals surface area contributed by atoms with Gasteiger partial charge in [0.05, 0.1) is 6.54 Å². The van der Waals surface area contributed by atoms with Crippen LogP contribution in [-0.4, -0.2) is 31.6 Å². The van der Waals surface area contributed by atoms with Crippen LogP contribution in [0.2, 0.25) is 0 Å². The smallest absolute Gasteiger partial charge is 0.255 e. The first-order chi connectivity index (χ1) is 11.6. The van der Waals surface area contributed by atoms with Crippen LogP contribution < -0.4 is 21.1 Å². The summed E-state index contributed by atoms with van der Waals surface area (Å²) in [6, 6.07) is 7.53. The Labute approximate surface area is 168 Å². The Kier molecular flexibility index (Phi) is 12.9. The lowest BCUT2D eigenvalue weighted by atomic mass is 10.0. The fourth-order valence-corrected chi connectivity index (χ4v) is 2.22. The SMILES string of the molecule is CCNC(=NCc1cccc(OCC(N)=O)c1)NCC(CC)CC.I. The number of aliphatic imine (C=N–C) groups is 1. The maximum Gasteiger partial charge on any atom is 0.255 e. The maximum absolute atomic E-state index is 10.8. The van der Waals surface area contributed by atoms with Crippen LogP contribution in [-0.2, 0) is 11.3 Å². The average Bonchev–Trinajstić information content (AvgIpc) is 2.59. The number of carbonyl (C=O) groups excluding carboxylic acids is 1. The summed E-state index contributed by atoms with van der Waals surface area (Å²) < 4.78 is 5.32. The molecule has 25 heavy (non-hydrogen) atoms. The molecule has 1 rings (SSSR count). The number of rotatable bonds is 10. The van der Waals surface area contributed by atoms with Crippen LogP contribution in [0.1, 0.15) is 39.2 Å². The quantitative estimate of drug-likeness (QED) is 0.284. The molecule has 142 valence electrons. The van der Waals surface area contributed by atoms with Crippen molar-refractivity contribution in [3.05, 3.63) is 29.8 Å². The fourth-order valence-electron chi connectivity index (χ4n) is 2.22. The van der Waals surface area contributed by atoms with Crippen molar-refractivity contribution in [1.29, 1.82) is 0 Å². The minimum Gasteiger partial charge on any atom is -0.484 e. The predicted molar refractivity (Wildman–Crippen MR) is 113 cm³/mol. The van der Waals surface area contributed by atoms with Crippen molar-refractivity contribution in [2.24, 2.45) is 16.6 Å². The van der Waals surface area contributed by atoms with Gasteiger partial charge in [-0.25, -0.2) is 4.99 Å². The Morgan fingerprint density at radius 1 is 1.24 bits per heavy atom. The van der Waals surface area contributed by atoms with Gasteiger partial charge in [-0.3, -0.25) is 4.79 Å². The second-order valence-corrected chi connectivity index (χ2v) is 5.66. The first-order valence-electron chi connectivity index (χ1n) is 8.61. The predicted octanol–water partition coefficient (Wildman–Crippen LogP) is 2.66. The van der Waals surface area contributed by atoms with Crippen LogP contribution in [0.5, 0.6) is 5.75 Å². The molecule has 0 unspecified atom stereocenters. The first kappa shape index (κ1) is 23.5. The Hall–Kier alpha value is -1.51. The third kappa shape index (κ3) is 10.2. The van der Waals surface area contributed by atoms with Crippen molar-refractivity contribution < 1.29 is 9.53 Å². The minimum atomic E-state index is -0.488. The molecule has 0 bridgehead atoms. The molecule has 0 saturated carbocycles.